The number of nitrogens with zero attached hydrogens (tertiary/aromatic N) is 1. The summed E-state index contributed by atoms with van der Waals surface area (Å²) in [5.74, 6) is 0.0763. The van der Waals surface area contributed by atoms with Crippen LogP contribution in [0, 0.1) is 3.57 Å². The highest BCUT2D eigenvalue weighted by Gasteiger charge is 2.21. The summed E-state index contributed by atoms with van der Waals surface area (Å²) < 4.78 is 1.13. The Kier molecular flexibility index (Phi) is 6.25. The number of amides is 1. The third-order valence-electron chi connectivity index (χ3n) is 3.69. The Balaban J connectivity index is 1.88. The molecule has 0 aromatic heterocycles. The summed E-state index contributed by atoms with van der Waals surface area (Å²) in [6, 6.07) is 8.42. The molecule has 1 fully saturated rings. The Labute approximate surface area is 134 Å². The molecule has 0 unspecified atom stereocenters. The predicted octanol–water partition coefficient (Wildman–Crippen LogP) is 2.30. The number of carbonyl (C=O) groups excluding carboxylic acids is 1. The van der Waals surface area contributed by atoms with Gasteiger partial charge in [-0.15, -0.1) is 0 Å². The Morgan fingerprint density at radius 2 is 2.20 bits per heavy atom. The van der Waals surface area contributed by atoms with Crippen LogP contribution in [0.3, 0.4) is 0 Å². The number of benzene rings is 1. The standard InChI is InChI=1S/C15H22IN3O/c1-2-19(14-6-8-17-9-7-14)11-15(20)18-13-5-3-4-12(16)10-13/h3-5,10,14,17H,2,6-9,11H2,1H3,(H,18,20). The molecule has 1 aliphatic rings. The Hall–Kier alpha value is -0.660. The van der Waals surface area contributed by atoms with Crippen LogP contribution in [0.25, 0.3) is 0 Å². The summed E-state index contributed by atoms with van der Waals surface area (Å²) in [6.07, 6.45) is 2.26. The van der Waals surface area contributed by atoms with Crippen LogP contribution in [-0.2, 0) is 4.79 Å². The lowest BCUT2D eigenvalue weighted by molar-refractivity contribution is -0.118. The normalized spacial score (nSPS) is 16.4. The first kappa shape index (κ1) is 15.7. The highest BCUT2D eigenvalue weighted by molar-refractivity contribution is 14.1. The first-order valence-corrected chi connectivity index (χ1v) is 8.27. The average molecular weight is 387 g/mol. The molecule has 0 radical (unpaired) electrons. The van der Waals surface area contributed by atoms with Crippen LogP contribution in [0.15, 0.2) is 24.3 Å². The molecule has 0 saturated carbocycles. The van der Waals surface area contributed by atoms with Crippen molar-refractivity contribution in [1.29, 1.82) is 0 Å². The monoisotopic (exact) mass is 387 g/mol. The van der Waals surface area contributed by atoms with Gasteiger partial charge in [-0.25, -0.2) is 0 Å². The number of nitrogens with one attached hydrogen (secondary N) is 2. The SMILES string of the molecule is CCN(CC(=O)Nc1cccc(I)c1)C1CCNCC1. The lowest BCUT2D eigenvalue weighted by Gasteiger charge is -2.33. The molecule has 2 N–H and O–H groups in total. The van der Waals surface area contributed by atoms with Crippen molar-refractivity contribution < 1.29 is 4.79 Å². The Morgan fingerprint density at radius 1 is 1.45 bits per heavy atom. The van der Waals surface area contributed by atoms with Gasteiger partial charge in [-0.1, -0.05) is 13.0 Å². The molecule has 1 saturated heterocycles. The van der Waals surface area contributed by atoms with Gasteiger partial charge in [0, 0.05) is 15.3 Å². The lowest BCUT2D eigenvalue weighted by Crippen LogP contribution is -2.46. The quantitative estimate of drug-likeness (QED) is 0.763. The minimum absolute atomic E-state index is 0.0763. The third kappa shape index (κ3) is 4.71. The number of rotatable bonds is 5. The summed E-state index contributed by atoms with van der Waals surface area (Å²) in [7, 11) is 0. The summed E-state index contributed by atoms with van der Waals surface area (Å²) in [5.41, 5.74) is 0.878. The van der Waals surface area contributed by atoms with Gasteiger partial charge in [0.25, 0.3) is 0 Å². The topological polar surface area (TPSA) is 44.4 Å². The van der Waals surface area contributed by atoms with E-state index in [2.05, 4.69) is 45.0 Å². The molecule has 1 heterocycles. The molecule has 0 atom stereocenters. The molecular formula is C15H22IN3O. The van der Waals surface area contributed by atoms with Crippen molar-refractivity contribution in [2.75, 3.05) is 31.5 Å². The van der Waals surface area contributed by atoms with Crippen LogP contribution in [-0.4, -0.2) is 43.0 Å². The molecule has 5 heteroatoms. The first-order valence-electron chi connectivity index (χ1n) is 7.19. The number of carbonyl (C=O) groups is 1. The van der Waals surface area contributed by atoms with Crippen LogP contribution < -0.4 is 10.6 Å². The first-order chi connectivity index (χ1) is 9.69. The maximum atomic E-state index is 12.2. The van der Waals surface area contributed by atoms with Gasteiger partial charge in [-0.05, 0) is 73.3 Å². The number of hydrogen-bond donors (Lipinski definition) is 2. The van der Waals surface area contributed by atoms with Crippen LogP contribution in [0.4, 0.5) is 5.69 Å². The molecule has 1 aliphatic heterocycles. The van der Waals surface area contributed by atoms with Gasteiger partial charge in [-0.3, -0.25) is 9.69 Å². The predicted molar refractivity (Wildman–Crippen MR) is 90.9 cm³/mol. The van der Waals surface area contributed by atoms with E-state index in [-0.39, 0.29) is 5.91 Å². The minimum Gasteiger partial charge on any atom is -0.325 e. The van der Waals surface area contributed by atoms with E-state index in [9.17, 15) is 4.79 Å². The number of hydrogen-bond acceptors (Lipinski definition) is 3. The Morgan fingerprint density at radius 3 is 2.85 bits per heavy atom. The average Bonchev–Trinajstić information content (AvgIpc) is 2.45. The zero-order chi connectivity index (χ0) is 14.4. The summed E-state index contributed by atoms with van der Waals surface area (Å²) in [4.78, 5) is 14.4. The molecule has 110 valence electrons. The molecule has 0 aliphatic carbocycles. The fraction of sp³-hybridized carbons (Fsp3) is 0.533. The summed E-state index contributed by atoms with van der Waals surface area (Å²) in [6.45, 7) is 5.64. The molecule has 0 spiro atoms. The van der Waals surface area contributed by atoms with E-state index in [1.54, 1.807) is 0 Å². The van der Waals surface area contributed by atoms with E-state index in [1.807, 2.05) is 24.3 Å². The van der Waals surface area contributed by atoms with Crippen LogP contribution in [0.1, 0.15) is 19.8 Å². The number of anilines is 1. The van der Waals surface area contributed by atoms with E-state index >= 15 is 0 Å². The van der Waals surface area contributed by atoms with Crippen molar-refractivity contribution in [3.63, 3.8) is 0 Å². The summed E-state index contributed by atoms with van der Waals surface area (Å²) in [5, 5.41) is 6.35. The zero-order valence-corrected chi connectivity index (χ0v) is 14.0. The van der Waals surface area contributed by atoms with E-state index in [0.29, 0.717) is 12.6 Å². The minimum atomic E-state index is 0.0763. The number of halogens is 1. The van der Waals surface area contributed by atoms with E-state index < -0.39 is 0 Å². The maximum absolute atomic E-state index is 12.2. The van der Waals surface area contributed by atoms with Crippen LogP contribution in [0.5, 0.6) is 0 Å². The van der Waals surface area contributed by atoms with E-state index in [1.165, 1.54) is 0 Å². The maximum Gasteiger partial charge on any atom is 0.238 e. The molecule has 1 aromatic carbocycles. The molecule has 1 aromatic rings. The zero-order valence-electron chi connectivity index (χ0n) is 11.9. The fourth-order valence-electron chi connectivity index (χ4n) is 2.62. The second kappa shape index (κ2) is 7.95. The van der Waals surface area contributed by atoms with Gasteiger partial charge < -0.3 is 10.6 Å². The summed E-state index contributed by atoms with van der Waals surface area (Å²) >= 11 is 2.25. The molecular weight excluding hydrogens is 365 g/mol. The molecule has 20 heavy (non-hydrogen) atoms. The van der Waals surface area contributed by atoms with Crippen molar-refractivity contribution >= 4 is 34.2 Å². The van der Waals surface area contributed by atoms with Crippen LogP contribution >= 0.6 is 22.6 Å². The van der Waals surface area contributed by atoms with Gasteiger partial charge in [0.15, 0.2) is 0 Å². The number of likely N-dealkylation sites (N-methyl/N-ethyl adjacent to an activating group) is 1. The second-order valence-corrected chi connectivity index (χ2v) is 6.35. The molecule has 2 rings (SSSR count). The van der Waals surface area contributed by atoms with Crippen molar-refractivity contribution in [2.24, 2.45) is 0 Å². The molecule has 1 amide bonds. The van der Waals surface area contributed by atoms with Gasteiger partial charge in [-0.2, -0.15) is 0 Å². The lowest BCUT2D eigenvalue weighted by atomic mass is 10.0. The van der Waals surface area contributed by atoms with Gasteiger partial charge in [0.1, 0.15) is 0 Å². The van der Waals surface area contributed by atoms with E-state index in [0.717, 1.165) is 41.7 Å². The highest BCUT2D eigenvalue weighted by Crippen LogP contribution is 2.14. The fourth-order valence-corrected chi connectivity index (χ4v) is 3.17. The van der Waals surface area contributed by atoms with Crippen molar-refractivity contribution in [2.45, 2.75) is 25.8 Å². The second-order valence-electron chi connectivity index (χ2n) is 5.10. The van der Waals surface area contributed by atoms with Gasteiger partial charge in [0.05, 0.1) is 6.54 Å². The molecule has 4 nitrogen and oxygen atoms in total. The smallest absolute Gasteiger partial charge is 0.238 e. The third-order valence-corrected chi connectivity index (χ3v) is 4.36. The largest absolute Gasteiger partial charge is 0.325 e. The van der Waals surface area contributed by atoms with Crippen molar-refractivity contribution in [3.8, 4) is 0 Å². The number of piperidine rings is 1. The Bertz CT molecular complexity index is 446. The van der Waals surface area contributed by atoms with Gasteiger partial charge in [0.2, 0.25) is 5.91 Å². The van der Waals surface area contributed by atoms with Gasteiger partial charge >= 0.3 is 0 Å². The van der Waals surface area contributed by atoms with Crippen molar-refractivity contribution in [3.05, 3.63) is 27.8 Å². The molecule has 0 bridgehead atoms. The van der Waals surface area contributed by atoms with Crippen LogP contribution in [0.2, 0.25) is 0 Å². The van der Waals surface area contributed by atoms with E-state index in [4.69, 9.17) is 0 Å². The van der Waals surface area contributed by atoms with Crippen molar-refractivity contribution in [1.82, 2.24) is 10.2 Å². The highest BCUT2D eigenvalue weighted by atomic mass is 127.